The Morgan fingerprint density at radius 1 is 1.39 bits per heavy atom. The molecule has 0 saturated carbocycles. The van der Waals surface area contributed by atoms with Gasteiger partial charge in [0.05, 0.1) is 0 Å². The van der Waals surface area contributed by atoms with E-state index in [1.54, 1.807) is 19.1 Å². The summed E-state index contributed by atoms with van der Waals surface area (Å²) >= 11 is 5.82. The van der Waals surface area contributed by atoms with Crippen molar-refractivity contribution in [1.29, 1.82) is 0 Å². The van der Waals surface area contributed by atoms with Crippen LogP contribution in [-0.2, 0) is 11.2 Å². The quantitative estimate of drug-likeness (QED) is 0.835. The van der Waals surface area contributed by atoms with E-state index in [0.717, 1.165) is 5.56 Å². The van der Waals surface area contributed by atoms with Gasteiger partial charge in [-0.15, -0.1) is 0 Å². The zero-order chi connectivity index (χ0) is 13.8. The summed E-state index contributed by atoms with van der Waals surface area (Å²) in [5, 5.41) is 13.2. The lowest BCUT2D eigenvalue weighted by molar-refractivity contribution is -0.144. The molecule has 3 nitrogen and oxygen atoms in total. The Labute approximate surface area is 113 Å². The number of carbonyl (C=O) groups is 1. The molecule has 0 bridgehead atoms. The van der Waals surface area contributed by atoms with Gasteiger partial charge in [-0.25, -0.2) is 0 Å². The van der Waals surface area contributed by atoms with E-state index in [4.69, 9.17) is 11.6 Å². The fraction of sp³-hybridized carbons (Fsp3) is 0.500. The molecule has 0 aliphatic carbocycles. The lowest BCUT2D eigenvalue weighted by Gasteiger charge is -2.27. The van der Waals surface area contributed by atoms with Crippen LogP contribution in [-0.4, -0.2) is 23.2 Å². The van der Waals surface area contributed by atoms with Gasteiger partial charge in [-0.2, -0.15) is 0 Å². The highest BCUT2D eigenvalue weighted by molar-refractivity contribution is 6.30. The summed E-state index contributed by atoms with van der Waals surface area (Å²) in [6.45, 7) is 6.50. The minimum atomic E-state index is -0.946. The molecule has 0 aliphatic heterocycles. The van der Waals surface area contributed by atoms with Gasteiger partial charge < -0.3 is 10.4 Å². The summed E-state index contributed by atoms with van der Waals surface area (Å²) < 4.78 is 0. The van der Waals surface area contributed by atoms with Crippen LogP contribution in [0.5, 0.6) is 0 Å². The van der Waals surface area contributed by atoms with Crippen LogP contribution in [0.2, 0.25) is 5.02 Å². The Bertz CT molecular complexity index is 403. The summed E-state index contributed by atoms with van der Waals surface area (Å²) in [6, 6.07) is 7.28. The van der Waals surface area contributed by atoms with Crippen LogP contribution >= 0.6 is 11.6 Å². The molecular formula is C14H20ClNO2. The molecule has 0 fully saturated rings. The van der Waals surface area contributed by atoms with E-state index in [1.807, 2.05) is 12.1 Å². The maximum atomic E-state index is 11.4. The second-order valence-corrected chi connectivity index (χ2v) is 5.65. The highest BCUT2D eigenvalue weighted by Gasteiger charge is 2.32. The Balaban J connectivity index is 2.79. The van der Waals surface area contributed by atoms with E-state index < -0.39 is 11.5 Å². The molecule has 1 atom stereocenters. The summed E-state index contributed by atoms with van der Waals surface area (Å²) in [5.41, 5.74) is 0.0125. The van der Waals surface area contributed by atoms with Gasteiger partial charge in [-0.05, 0) is 37.1 Å². The minimum Gasteiger partial charge on any atom is -0.480 e. The van der Waals surface area contributed by atoms with Crippen LogP contribution in [0, 0.1) is 5.92 Å². The topological polar surface area (TPSA) is 49.3 Å². The zero-order valence-electron chi connectivity index (χ0n) is 11.0. The highest BCUT2D eigenvalue weighted by atomic mass is 35.5. The normalized spacial score (nSPS) is 14.5. The standard InChI is InChI=1S/C14H20ClNO2/c1-10(2)9-16-14(3,13(17)18)8-11-4-6-12(15)7-5-11/h4-7,10,16H,8-9H2,1-3H3,(H,17,18). The van der Waals surface area contributed by atoms with Crippen molar-refractivity contribution in [2.24, 2.45) is 5.92 Å². The Kier molecular flexibility index (Phi) is 5.17. The molecule has 4 heteroatoms. The van der Waals surface area contributed by atoms with Gasteiger partial charge in [0, 0.05) is 11.4 Å². The van der Waals surface area contributed by atoms with Crippen LogP contribution in [0.3, 0.4) is 0 Å². The maximum Gasteiger partial charge on any atom is 0.323 e. The summed E-state index contributed by atoms with van der Waals surface area (Å²) in [4.78, 5) is 11.4. The average Bonchev–Trinajstić information content (AvgIpc) is 2.29. The number of hydrogen-bond acceptors (Lipinski definition) is 2. The third-order valence-electron chi connectivity index (χ3n) is 2.84. The van der Waals surface area contributed by atoms with Crippen molar-refractivity contribution in [1.82, 2.24) is 5.32 Å². The molecule has 1 rings (SSSR count). The monoisotopic (exact) mass is 269 g/mol. The molecule has 18 heavy (non-hydrogen) atoms. The fourth-order valence-corrected chi connectivity index (χ4v) is 1.78. The molecule has 1 unspecified atom stereocenters. The van der Waals surface area contributed by atoms with Crippen molar-refractivity contribution >= 4 is 17.6 Å². The number of halogens is 1. The smallest absolute Gasteiger partial charge is 0.323 e. The molecule has 0 radical (unpaired) electrons. The molecule has 0 spiro atoms. The summed E-state index contributed by atoms with van der Waals surface area (Å²) in [7, 11) is 0. The number of hydrogen-bond donors (Lipinski definition) is 2. The zero-order valence-corrected chi connectivity index (χ0v) is 11.8. The number of carboxylic acids is 1. The molecular weight excluding hydrogens is 250 g/mol. The molecule has 2 N–H and O–H groups in total. The van der Waals surface area contributed by atoms with Gasteiger partial charge in [0.25, 0.3) is 0 Å². The number of aliphatic carboxylic acids is 1. The average molecular weight is 270 g/mol. The van der Waals surface area contributed by atoms with E-state index in [0.29, 0.717) is 23.9 Å². The molecule has 1 aromatic carbocycles. The number of rotatable bonds is 6. The van der Waals surface area contributed by atoms with Gasteiger partial charge in [0.15, 0.2) is 0 Å². The Morgan fingerprint density at radius 3 is 2.39 bits per heavy atom. The van der Waals surface area contributed by atoms with E-state index in [9.17, 15) is 9.90 Å². The van der Waals surface area contributed by atoms with Crippen molar-refractivity contribution in [3.63, 3.8) is 0 Å². The summed E-state index contributed by atoms with van der Waals surface area (Å²) in [5.74, 6) is -0.424. The first kappa shape index (κ1) is 15.0. The van der Waals surface area contributed by atoms with Crippen LogP contribution in [0.15, 0.2) is 24.3 Å². The second kappa shape index (κ2) is 6.21. The Morgan fingerprint density at radius 2 is 1.94 bits per heavy atom. The Hall–Kier alpha value is -1.06. The number of nitrogens with one attached hydrogen (secondary N) is 1. The SMILES string of the molecule is CC(C)CNC(C)(Cc1ccc(Cl)cc1)C(=O)O. The molecule has 0 amide bonds. The van der Waals surface area contributed by atoms with E-state index in [-0.39, 0.29) is 0 Å². The second-order valence-electron chi connectivity index (χ2n) is 5.22. The number of benzene rings is 1. The third kappa shape index (κ3) is 4.31. The lowest BCUT2D eigenvalue weighted by Crippen LogP contribution is -2.52. The van der Waals surface area contributed by atoms with Gasteiger partial charge in [-0.3, -0.25) is 4.79 Å². The van der Waals surface area contributed by atoms with Crippen LogP contribution in [0.4, 0.5) is 0 Å². The largest absolute Gasteiger partial charge is 0.480 e. The van der Waals surface area contributed by atoms with E-state index in [2.05, 4.69) is 19.2 Å². The van der Waals surface area contributed by atoms with Gasteiger partial charge in [0.1, 0.15) is 5.54 Å². The van der Waals surface area contributed by atoms with Crippen molar-refractivity contribution in [2.75, 3.05) is 6.54 Å². The molecule has 0 aromatic heterocycles. The van der Waals surface area contributed by atoms with Crippen molar-refractivity contribution in [3.8, 4) is 0 Å². The first-order chi connectivity index (χ1) is 8.33. The third-order valence-corrected chi connectivity index (χ3v) is 3.10. The predicted molar refractivity (Wildman–Crippen MR) is 74.0 cm³/mol. The van der Waals surface area contributed by atoms with E-state index >= 15 is 0 Å². The van der Waals surface area contributed by atoms with Gasteiger partial charge in [-0.1, -0.05) is 37.6 Å². The van der Waals surface area contributed by atoms with Crippen LogP contribution in [0.25, 0.3) is 0 Å². The molecule has 100 valence electrons. The molecule has 0 aliphatic rings. The number of carboxylic acid groups (broad SMARTS) is 1. The molecule has 1 aromatic rings. The fourth-order valence-electron chi connectivity index (χ4n) is 1.65. The van der Waals surface area contributed by atoms with Crippen LogP contribution < -0.4 is 5.32 Å². The van der Waals surface area contributed by atoms with Crippen molar-refractivity contribution in [2.45, 2.75) is 32.7 Å². The predicted octanol–water partition coefficient (Wildman–Crippen LogP) is 2.97. The van der Waals surface area contributed by atoms with Crippen molar-refractivity contribution < 1.29 is 9.90 Å². The molecule has 0 heterocycles. The van der Waals surface area contributed by atoms with E-state index in [1.165, 1.54) is 0 Å². The lowest BCUT2D eigenvalue weighted by atomic mass is 9.92. The summed E-state index contributed by atoms with van der Waals surface area (Å²) in [6.07, 6.45) is 0.437. The minimum absolute atomic E-state index is 0.411. The van der Waals surface area contributed by atoms with Gasteiger partial charge in [0.2, 0.25) is 0 Å². The first-order valence-electron chi connectivity index (χ1n) is 6.06. The van der Waals surface area contributed by atoms with Crippen molar-refractivity contribution in [3.05, 3.63) is 34.9 Å². The van der Waals surface area contributed by atoms with Gasteiger partial charge >= 0.3 is 5.97 Å². The van der Waals surface area contributed by atoms with Crippen LogP contribution in [0.1, 0.15) is 26.3 Å². The first-order valence-corrected chi connectivity index (χ1v) is 6.44. The maximum absolute atomic E-state index is 11.4. The molecule has 0 saturated heterocycles. The highest BCUT2D eigenvalue weighted by Crippen LogP contribution is 2.17.